The van der Waals surface area contributed by atoms with E-state index in [-0.39, 0.29) is 11.7 Å². The van der Waals surface area contributed by atoms with Crippen molar-refractivity contribution in [3.63, 3.8) is 0 Å². The standard InChI is InChI=1S/C19H20FNO3/c1-23-17-11-10-13(12-18(17)24-14-6-2-3-7-14)21-19(22)15-8-4-5-9-16(15)20/h4-5,8-12,14H,2-3,6-7H2,1H3,(H,21,22). The molecule has 24 heavy (non-hydrogen) atoms. The van der Waals surface area contributed by atoms with Gasteiger partial charge in [-0.2, -0.15) is 0 Å². The van der Waals surface area contributed by atoms with Crippen molar-refractivity contribution >= 4 is 11.6 Å². The lowest BCUT2D eigenvalue weighted by Crippen LogP contribution is -2.15. The smallest absolute Gasteiger partial charge is 0.258 e. The summed E-state index contributed by atoms with van der Waals surface area (Å²) >= 11 is 0. The van der Waals surface area contributed by atoms with E-state index in [1.54, 1.807) is 37.4 Å². The van der Waals surface area contributed by atoms with Gasteiger partial charge in [-0.05, 0) is 49.9 Å². The summed E-state index contributed by atoms with van der Waals surface area (Å²) in [6, 6.07) is 11.0. The Morgan fingerprint density at radius 1 is 1.12 bits per heavy atom. The number of amides is 1. The van der Waals surface area contributed by atoms with Gasteiger partial charge in [0, 0.05) is 11.8 Å². The molecule has 1 aliphatic carbocycles. The summed E-state index contributed by atoms with van der Waals surface area (Å²) in [4.78, 5) is 12.2. The first-order valence-corrected chi connectivity index (χ1v) is 8.08. The molecule has 3 rings (SSSR count). The van der Waals surface area contributed by atoms with Gasteiger partial charge in [-0.25, -0.2) is 4.39 Å². The summed E-state index contributed by atoms with van der Waals surface area (Å²) in [7, 11) is 1.58. The van der Waals surface area contributed by atoms with Gasteiger partial charge in [-0.1, -0.05) is 12.1 Å². The molecule has 0 aromatic heterocycles. The maximum absolute atomic E-state index is 13.7. The molecule has 0 radical (unpaired) electrons. The lowest BCUT2D eigenvalue weighted by molar-refractivity contribution is 0.102. The minimum atomic E-state index is -0.550. The summed E-state index contributed by atoms with van der Waals surface area (Å²) in [5, 5.41) is 2.70. The number of nitrogens with one attached hydrogen (secondary N) is 1. The number of methoxy groups -OCH3 is 1. The second kappa shape index (κ2) is 7.34. The van der Waals surface area contributed by atoms with Crippen LogP contribution in [0.15, 0.2) is 42.5 Å². The predicted molar refractivity (Wildman–Crippen MR) is 90.2 cm³/mol. The average molecular weight is 329 g/mol. The Bertz CT molecular complexity index is 726. The van der Waals surface area contributed by atoms with Gasteiger partial charge in [-0.3, -0.25) is 4.79 Å². The van der Waals surface area contributed by atoms with Gasteiger partial charge < -0.3 is 14.8 Å². The summed E-state index contributed by atoms with van der Waals surface area (Å²) in [6.07, 6.45) is 4.55. The maximum Gasteiger partial charge on any atom is 0.258 e. The Balaban J connectivity index is 1.78. The van der Waals surface area contributed by atoms with Gasteiger partial charge in [0.25, 0.3) is 5.91 Å². The molecule has 5 heteroatoms. The van der Waals surface area contributed by atoms with E-state index in [0.29, 0.717) is 17.2 Å². The van der Waals surface area contributed by atoms with E-state index in [2.05, 4.69) is 5.32 Å². The minimum Gasteiger partial charge on any atom is -0.493 e. The average Bonchev–Trinajstić information content (AvgIpc) is 3.08. The van der Waals surface area contributed by atoms with Crippen LogP contribution in [0.5, 0.6) is 11.5 Å². The highest BCUT2D eigenvalue weighted by atomic mass is 19.1. The van der Waals surface area contributed by atoms with Crippen molar-refractivity contribution in [3.05, 3.63) is 53.8 Å². The van der Waals surface area contributed by atoms with Crippen LogP contribution in [0.1, 0.15) is 36.0 Å². The van der Waals surface area contributed by atoms with Gasteiger partial charge in [0.05, 0.1) is 18.8 Å². The first-order chi connectivity index (χ1) is 11.7. The van der Waals surface area contributed by atoms with E-state index >= 15 is 0 Å². The number of ether oxygens (including phenoxy) is 2. The molecule has 1 saturated carbocycles. The number of benzene rings is 2. The summed E-state index contributed by atoms with van der Waals surface area (Å²) in [5.41, 5.74) is 0.545. The maximum atomic E-state index is 13.7. The van der Waals surface area contributed by atoms with Crippen molar-refractivity contribution in [1.82, 2.24) is 0 Å². The number of halogens is 1. The molecular formula is C19H20FNO3. The molecule has 0 spiro atoms. The molecule has 0 aliphatic heterocycles. The number of rotatable bonds is 5. The van der Waals surface area contributed by atoms with Crippen LogP contribution in [0.2, 0.25) is 0 Å². The fourth-order valence-electron chi connectivity index (χ4n) is 2.88. The second-order valence-corrected chi connectivity index (χ2v) is 5.82. The third-order valence-electron chi connectivity index (χ3n) is 4.14. The molecule has 0 saturated heterocycles. The van der Waals surface area contributed by atoms with Crippen molar-refractivity contribution in [1.29, 1.82) is 0 Å². The number of carbonyl (C=O) groups excluding carboxylic acids is 1. The Morgan fingerprint density at radius 3 is 2.58 bits per heavy atom. The third-order valence-corrected chi connectivity index (χ3v) is 4.14. The largest absolute Gasteiger partial charge is 0.493 e. The van der Waals surface area contributed by atoms with Gasteiger partial charge in [-0.15, -0.1) is 0 Å². The number of hydrogen-bond donors (Lipinski definition) is 1. The zero-order valence-electron chi connectivity index (χ0n) is 13.5. The summed E-state index contributed by atoms with van der Waals surface area (Å²) < 4.78 is 25.0. The fourth-order valence-corrected chi connectivity index (χ4v) is 2.88. The van der Waals surface area contributed by atoms with E-state index in [0.717, 1.165) is 25.7 Å². The molecule has 0 atom stereocenters. The molecule has 2 aromatic rings. The zero-order chi connectivity index (χ0) is 16.9. The van der Waals surface area contributed by atoms with Gasteiger partial charge >= 0.3 is 0 Å². The van der Waals surface area contributed by atoms with Crippen LogP contribution in [0, 0.1) is 5.82 Å². The lowest BCUT2D eigenvalue weighted by Gasteiger charge is -2.17. The Morgan fingerprint density at radius 2 is 1.88 bits per heavy atom. The highest BCUT2D eigenvalue weighted by molar-refractivity contribution is 6.04. The Labute approximate surface area is 140 Å². The third kappa shape index (κ3) is 3.67. The van der Waals surface area contributed by atoms with Crippen LogP contribution in [0.4, 0.5) is 10.1 Å². The second-order valence-electron chi connectivity index (χ2n) is 5.82. The molecule has 1 aliphatic rings. The van der Waals surface area contributed by atoms with Crippen molar-refractivity contribution < 1.29 is 18.7 Å². The molecular weight excluding hydrogens is 309 g/mol. The number of anilines is 1. The van der Waals surface area contributed by atoms with Crippen LogP contribution >= 0.6 is 0 Å². The van der Waals surface area contributed by atoms with E-state index < -0.39 is 11.7 Å². The molecule has 0 unspecified atom stereocenters. The lowest BCUT2D eigenvalue weighted by atomic mass is 10.2. The Kier molecular flexibility index (Phi) is 4.99. The van der Waals surface area contributed by atoms with Gasteiger partial charge in [0.1, 0.15) is 5.82 Å². The molecule has 0 heterocycles. The molecule has 126 valence electrons. The monoisotopic (exact) mass is 329 g/mol. The predicted octanol–water partition coefficient (Wildman–Crippen LogP) is 4.41. The summed E-state index contributed by atoms with van der Waals surface area (Å²) in [6.45, 7) is 0. The van der Waals surface area contributed by atoms with Crippen molar-refractivity contribution in [3.8, 4) is 11.5 Å². The number of hydrogen-bond acceptors (Lipinski definition) is 3. The minimum absolute atomic E-state index is 0.00609. The molecule has 0 bridgehead atoms. The molecule has 1 N–H and O–H groups in total. The highest BCUT2D eigenvalue weighted by Crippen LogP contribution is 2.34. The SMILES string of the molecule is COc1ccc(NC(=O)c2ccccc2F)cc1OC1CCCC1. The van der Waals surface area contributed by atoms with Crippen molar-refractivity contribution in [2.45, 2.75) is 31.8 Å². The Hall–Kier alpha value is -2.56. The normalized spacial score (nSPS) is 14.4. The first kappa shape index (κ1) is 16.3. The quantitative estimate of drug-likeness (QED) is 0.884. The number of carbonyl (C=O) groups is 1. The van der Waals surface area contributed by atoms with E-state index in [9.17, 15) is 9.18 Å². The topological polar surface area (TPSA) is 47.6 Å². The van der Waals surface area contributed by atoms with Crippen LogP contribution < -0.4 is 14.8 Å². The molecule has 2 aromatic carbocycles. The van der Waals surface area contributed by atoms with Crippen LogP contribution in [0.3, 0.4) is 0 Å². The zero-order valence-corrected chi connectivity index (χ0v) is 13.5. The molecule has 4 nitrogen and oxygen atoms in total. The van der Waals surface area contributed by atoms with Gasteiger partial charge in [0.2, 0.25) is 0 Å². The first-order valence-electron chi connectivity index (χ1n) is 8.08. The van der Waals surface area contributed by atoms with Crippen molar-refractivity contribution in [2.75, 3.05) is 12.4 Å². The molecule has 1 fully saturated rings. The summed E-state index contributed by atoms with van der Waals surface area (Å²) in [5.74, 6) is 0.164. The van der Waals surface area contributed by atoms with Crippen LogP contribution in [0.25, 0.3) is 0 Å². The van der Waals surface area contributed by atoms with E-state index in [4.69, 9.17) is 9.47 Å². The van der Waals surface area contributed by atoms with Gasteiger partial charge in [0.15, 0.2) is 11.5 Å². The highest BCUT2D eigenvalue weighted by Gasteiger charge is 2.19. The fraction of sp³-hybridized carbons (Fsp3) is 0.316. The van der Waals surface area contributed by atoms with Crippen molar-refractivity contribution in [2.24, 2.45) is 0 Å². The van der Waals surface area contributed by atoms with E-state index in [1.807, 2.05) is 0 Å². The van der Waals surface area contributed by atoms with Crippen LogP contribution in [-0.2, 0) is 0 Å². The van der Waals surface area contributed by atoms with Crippen LogP contribution in [-0.4, -0.2) is 19.1 Å². The van der Waals surface area contributed by atoms with E-state index in [1.165, 1.54) is 12.1 Å². The molecule has 1 amide bonds.